The molecular formula is C27H33FN6O3S. The molecule has 2 aromatic heterocycles. The second kappa shape index (κ2) is 11.3. The number of anilines is 1. The molecule has 4 rings (SSSR count). The standard InChI is InChI=1S/C27H33FN6O3S/c1-16-23(20-7-6-17(28)12-21(20)36-5)24-22(38-16)15-31-25(33-24)32-19(13-29)14-30-18-8-10-34(11-9-18)26(35)37-27(2,3)4/h6-7,12-15,18,29-30H,8-11H2,1-5H3,(H,31,32,33)/b19-14+,29-13?. The topological polar surface area (TPSA) is 112 Å². The number of nitrogens with one attached hydrogen (secondary N) is 3. The summed E-state index contributed by atoms with van der Waals surface area (Å²) in [4.78, 5) is 24.2. The second-order valence-electron chi connectivity index (χ2n) is 10.1. The van der Waals surface area contributed by atoms with E-state index in [4.69, 9.17) is 19.9 Å². The number of rotatable bonds is 7. The van der Waals surface area contributed by atoms with Crippen LogP contribution in [0.25, 0.3) is 21.3 Å². The molecule has 1 aliphatic rings. The van der Waals surface area contributed by atoms with E-state index in [9.17, 15) is 9.18 Å². The molecule has 0 saturated carbocycles. The predicted octanol–water partition coefficient (Wildman–Crippen LogP) is 5.71. The van der Waals surface area contributed by atoms with Crippen LogP contribution in [0.2, 0.25) is 0 Å². The highest BCUT2D eigenvalue weighted by Gasteiger charge is 2.26. The van der Waals surface area contributed by atoms with E-state index in [2.05, 4.69) is 15.6 Å². The lowest BCUT2D eigenvalue weighted by molar-refractivity contribution is 0.0201. The second-order valence-corrected chi connectivity index (χ2v) is 11.3. The van der Waals surface area contributed by atoms with E-state index in [1.807, 2.05) is 27.7 Å². The molecule has 1 fully saturated rings. The van der Waals surface area contributed by atoms with Gasteiger partial charge in [0.25, 0.3) is 0 Å². The number of hydrogen-bond acceptors (Lipinski definition) is 9. The molecule has 1 amide bonds. The smallest absolute Gasteiger partial charge is 0.410 e. The summed E-state index contributed by atoms with van der Waals surface area (Å²) in [5.41, 5.74) is 2.32. The van der Waals surface area contributed by atoms with Gasteiger partial charge in [0.05, 0.1) is 29.2 Å². The predicted molar refractivity (Wildman–Crippen MR) is 149 cm³/mol. The third-order valence-electron chi connectivity index (χ3n) is 6.07. The summed E-state index contributed by atoms with van der Waals surface area (Å²) in [7, 11) is 1.51. The fourth-order valence-corrected chi connectivity index (χ4v) is 5.25. The minimum Gasteiger partial charge on any atom is -0.496 e. The van der Waals surface area contributed by atoms with Crippen molar-refractivity contribution in [1.29, 1.82) is 5.41 Å². The van der Waals surface area contributed by atoms with E-state index in [0.717, 1.165) is 39.1 Å². The number of benzene rings is 1. The van der Waals surface area contributed by atoms with Crippen molar-refractivity contribution in [3.63, 3.8) is 0 Å². The fraction of sp³-hybridized carbons (Fsp3) is 0.407. The van der Waals surface area contributed by atoms with Gasteiger partial charge >= 0.3 is 6.09 Å². The summed E-state index contributed by atoms with van der Waals surface area (Å²) in [6.07, 6.45) is 5.91. The maximum Gasteiger partial charge on any atom is 0.410 e. The van der Waals surface area contributed by atoms with Gasteiger partial charge in [0.15, 0.2) is 0 Å². The van der Waals surface area contributed by atoms with Gasteiger partial charge in [-0.25, -0.2) is 19.2 Å². The van der Waals surface area contributed by atoms with Gasteiger partial charge in [-0.3, -0.25) is 0 Å². The fourth-order valence-electron chi connectivity index (χ4n) is 4.26. The molecule has 3 heterocycles. The Labute approximate surface area is 225 Å². The highest BCUT2D eigenvalue weighted by atomic mass is 32.1. The molecule has 1 aliphatic heterocycles. The summed E-state index contributed by atoms with van der Waals surface area (Å²) >= 11 is 1.55. The molecule has 3 aromatic rings. The van der Waals surface area contributed by atoms with Crippen molar-refractivity contribution in [3.05, 3.63) is 47.0 Å². The van der Waals surface area contributed by atoms with Crippen molar-refractivity contribution in [3.8, 4) is 16.9 Å². The number of fused-ring (bicyclic) bond motifs is 1. The molecule has 1 aromatic carbocycles. The lowest BCUT2D eigenvalue weighted by atomic mass is 10.0. The molecule has 1 saturated heterocycles. The Morgan fingerprint density at radius 1 is 1.29 bits per heavy atom. The minimum atomic E-state index is -0.516. The van der Waals surface area contributed by atoms with Crippen LogP contribution in [0, 0.1) is 18.2 Å². The van der Waals surface area contributed by atoms with Crippen LogP contribution in [0.5, 0.6) is 5.75 Å². The van der Waals surface area contributed by atoms with Crippen LogP contribution in [0.15, 0.2) is 36.3 Å². The summed E-state index contributed by atoms with van der Waals surface area (Å²) in [5.74, 6) is 0.403. The first-order chi connectivity index (χ1) is 18.1. The third-order valence-corrected chi connectivity index (χ3v) is 7.10. The number of hydrogen-bond donors (Lipinski definition) is 3. The largest absolute Gasteiger partial charge is 0.496 e. The molecule has 9 nitrogen and oxygen atoms in total. The molecule has 38 heavy (non-hydrogen) atoms. The zero-order valence-electron chi connectivity index (χ0n) is 22.2. The highest BCUT2D eigenvalue weighted by Crippen LogP contribution is 2.41. The van der Waals surface area contributed by atoms with Crippen LogP contribution in [0.1, 0.15) is 38.5 Å². The number of piperidine rings is 1. The van der Waals surface area contributed by atoms with Crippen molar-refractivity contribution in [2.24, 2.45) is 0 Å². The Morgan fingerprint density at radius 2 is 2.03 bits per heavy atom. The Balaban J connectivity index is 1.46. The van der Waals surface area contributed by atoms with Crippen LogP contribution in [0.4, 0.5) is 15.1 Å². The van der Waals surface area contributed by atoms with Gasteiger partial charge in [0.2, 0.25) is 5.95 Å². The monoisotopic (exact) mass is 540 g/mol. The molecule has 0 spiro atoms. The van der Waals surface area contributed by atoms with Crippen LogP contribution in [0.3, 0.4) is 0 Å². The number of aromatic nitrogens is 2. The van der Waals surface area contributed by atoms with E-state index in [0.29, 0.717) is 30.5 Å². The summed E-state index contributed by atoms with van der Waals surface area (Å²) in [6, 6.07) is 4.61. The Morgan fingerprint density at radius 3 is 2.68 bits per heavy atom. The molecule has 3 N–H and O–H groups in total. The van der Waals surface area contributed by atoms with Crippen molar-refractivity contribution in [1.82, 2.24) is 20.2 Å². The van der Waals surface area contributed by atoms with Gasteiger partial charge in [-0.15, -0.1) is 11.3 Å². The number of allylic oxidation sites excluding steroid dienone is 1. The number of likely N-dealkylation sites (tertiary alicyclic amines) is 1. The van der Waals surface area contributed by atoms with Crippen LogP contribution < -0.4 is 15.4 Å². The molecule has 0 atom stereocenters. The molecule has 202 valence electrons. The molecule has 11 heteroatoms. The first-order valence-corrected chi connectivity index (χ1v) is 13.2. The van der Waals surface area contributed by atoms with E-state index in [-0.39, 0.29) is 18.0 Å². The molecule has 0 radical (unpaired) electrons. The number of carbonyl (C=O) groups is 1. The Kier molecular flexibility index (Phi) is 8.15. The van der Waals surface area contributed by atoms with E-state index in [1.54, 1.807) is 34.7 Å². The maximum absolute atomic E-state index is 13.8. The van der Waals surface area contributed by atoms with Crippen LogP contribution in [-0.4, -0.2) is 59.0 Å². The van der Waals surface area contributed by atoms with Gasteiger partial charge in [-0.2, -0.15) is 0 Å². The number of carbonyl (C=O) groups excluding carboxylic acids is 1. The number of nitrogens with zero attached hydrogens (tertiary/aromatic N) is 3. The molecule has 0 aliphatic carbocycles. The maximum atomic E-state index is 13.8. The molecular weight excluding hydrogens is 507 g/mol. The third kappa shape index (κ3) is 6.39. The van der Waals surface area contributed by atoms with Gasteiger partial charge < -0.3 is 30.4 Å². The Bertz CT molecular complexity index is 1360. The van der Waals surface area contributed by atoms with Crippen LogP contribution in [-0.2, 0) is 4.74 Å². The van der Waals surface area contributed by atoms with Crippen molar-refractivity contribution < 1.29 is 18.7 Å². The van der Waals surface area contributed by atoms with E-state index >= 15 is 0 Å². The first-order valence-electron chi connectivity index (χ1n) is 12.4. The van der Waals surface area contributed by atoms with Crippen LogP contribution >= 0.6 is 11.3 Å². The van der Waals surface area contributed by atoms with Gasteiger partial charge in [-0.05, 0) is 52.7 Å². The van der Waals surface area contributed by atoms with E-state index in [1.165, 1.54) is 25.5 Å². The number of ether oxygens (including phenoxy) is 2. The van der Waals surface area contributed by atoms with Crippen molar-refractivity contribution in [2.75, 3.05) is 25.5 Å². The van der Waals surface area contributed by atoms with Gasteiger partial charge in [-0.1, -0.05) is 0 Å². The molecule has 0 unspecified atom stereocenters. The van der Waals surface area contributed by atoms with Gasteiger partial charge in [0, 0.05) is 53.6 Å². The number of methoxy groups -OCH3 is 1. The highest BCUT2D eigenvalue weighted by molar-refractivity contribution is 7.19. The average molecular weight is 541 g/mol. The summed E-state index contributed by atoms with van der Waals surface area (Å²) < 4.78 is 25.6. The normalized spacial score (nSPS) is 14.9. The van der Waals surface area contributed by atoms with E-state index < -0.39 is 5.60 Å². The summed E-state index contributed by atoms with van der Waals surface area (Å²) in [5, 5.41) is 14.3. The number of amides is 1. The zero-order valence-corrected chi connectivity index (χ0v) is 23.0. The number of halogens is 1. The lowest BCUT2D eigenvalue weighted by Gasteiger charge is -2.33. The lowest BCUT2D eigenvalue weighted by Crippen LogP contribution is -2.45. The first kappa shape index (κ1) is 27.3. The number of thiophene rings is 1. The minimum absolute atomic E-state index is 0.158. The van der Waals surface area contributed by atoms with Crippen molar-refractivity contribution >= 4 is 39.8 Å². The summed E-state index contributed by atoms with van der Waals surface area (Å²) in [6.45, 7) is 8.76. The zero-order chi connectivity index (χ0) is 27.4. The Hall–Kier alpha value is -3.73. The van der Waals surface area contributed by atoms with Gasteiger partial charge in [0.1, 0.15) is 17.2 Å². The average Bonchev–Trinajstić information content (AvgIpc) is 3.20. The quantitative estimate of drug-likeness (QED) is 0.329. The number of aryl methyl sites for hydroxylation is 1. The SMILES string of the molecule is COc1cc(F)ccc1-c1c(C)sc2cnc(N/C(C=N)=C/NC3CCN(C(=O)OC(C)(C)C)CC3)nc12. The van der Waals surface area contributed by atoms with Crippen molar-refractivity contribution in [2.45, 2.75) is 52.2 Å². The molecule has 0 bridgehead atoms.